The molecule has 0 radical (unpaired) electrons. The number of nitrogens with zero attached hydrogens (tertiary/aromatic N) is 4. The second-order valence-electron chi connectivity index (χ2n) is 12.3. The summed E-state index contributed by atoms with van der Waals surface area (Å²) >= 11 is 0. The predicted octanol–water partition coefficient (Wildman–Crippen LogP) is 4.76. The van der Waals surface area contributed by atoms with Crippen LogP contribution in [0, 0.1) is 5.82 Å². The number of piperidine rings is 1. The van der Waals surface area contributed by atoms with Gasteiger partial charge in [-0.25, -0.2) is 17.8 Å². The summed E-state index contributed by atoms with van der Waals surface area (Å²) in [5, 5.41) is 10.9. The average molecular weight is 741 g/mol. The molecule has 3 aromatic carbocycles. The van der Waals surface area contributed by atoms with Gasteiger partial charge in [0.15, 0.2) is 0 Å². The van der Waals surface area contributed by atoms with Crippen LogP contribution in [0.4, 0.5) is 46.4 Å². The van der Waals surface area contributed by atoms with Crippen molar-refractivity contribution in [3.05, 3.63) is 100 Å². The molecule has 1 fully saturated rings. The van der Waals surface area contributed by atoms with E-state index < -0.39 is 57.2 Å². The van der Waals surface area contributed by atoms with Gasteiger partial charge in [-0.05, 0) is 66.1 Å². The lowest BCUT2D eigenvalue weighted by Gasteiger charge is -2.29. The highest BCUT2D eigenvalue weighted by molar-refractivity contribution is 7.92. The molecule has 0 bridgehead atoms. The number of benzene rings is 3. The maximum atomic E-state index is 15.0. The van der Waals surface area contributed by atoms with Crippen LogP contribution in [-0.4, -0.2) is 60.4 Å². The number of carbonyl (C=O) groups excluding carboxylic acids is 3. The number of anilines is 5. The fourth-order valence-corrected chi connectivity index (χ4v) is 6.29. The van der Waals surface area contributed by atoms with E-state index in [-0.39, 0.29) is 49.6 Å². The van der Waals surface area contributed by atoms with Gasteiger partial charge in [-0.15, -0.1) is 0 Å². The molecule has 4 aromatic rings. The van der Waals surface area contributed by atoms with Crippen molar-refractivity contribution in [1.29, 1.82) is 0 Å². The van der Waals surface area contributed by atoms with Gasteiger partial charge in [0, 0.05) is 61.8 Å². The molecule has 2 aliphatic heterocycles. The van der Waals surface area contributed by atoms with Gasteiger partial charge in [0.2, 0.25) is 27.8 Å². The molecule has 2 aliphatic rings. The quantitative estimate of drug-likeness (QED) is 0.125. The fraction of sp³-hybridized carbons (Fsp3) is 0.265. The Hall–Kier alpha value is -5.78. The van der Waals surface area contributed by atoms with Crippen LogP contribution in [0.25, 0.3) is 0 Å². The van der Waals surface area contributed by atoms with Gasteiger partial charge in [0.05, 0.1) is 11.9 Å². The van der Waals surface area contributed by atoms with Gasteiger partial charge in [-0.2, -0.15) is 18.2 Å². The van der Waals surface area contributed by atoms with Crippen LogP contribution in [0.2, 0.25) is 0 Å². The van der Waals surface area contributed by atoms with Crippen LogP contribution >= 0.6 is 0 Å². The number of hydrogen-bond acceptors (Lipinski definition) is 10. The largest absolute Gasteiger partial charge is 0.421 e. The summed E-state index contributed by atoms with van der Waals surface area (Å²) in [6.45, 7) is 0.0705. The van der Waals surface area contributed by atoms with Crippen LogP contribution in [0.1, 0.15) is 45.5 Å². The van der Waals surface area contributed by atoms with Crippen molar-refractivity contribution >= 4 is 56.6 Å². The van der Waals surface area contributed by atoms with E-state index in [4.69, 9.17) is 0 Å². The summed E-state index contributed by atoms with van der Waals surface area (Å²) in [5.74, 6) is -2.65. The van der Waals surface area contributed by atoms with Crippen LogP contribution in [0.3, 0.4) is 0 Å². The van der Waals surface area contributed by atoms with E-state index in [0.29, 0.717) is 34.4 Å². The summed E-state index contributed by atoms with van der Waals surface area (Å²) in [6, 6.07) is 14.8. The summed E-state index contributed by atoms with van der Waals surface area (Å²) < 4.78 is 81.4. The van der Waals surface area contributed by atoms with Crippen molar-refractivity contribution in [2.45, 2.75) is 44.7 Å². The molecule has 272 valence electrons. The molecule has 1 atom stereocenters. The lowest BCUT2D eigenvalue weighted by Crippen LogP contribution is -2.52. The highest BCUT2D eigenvalue weighted by Crippen LogP contribution is 2.35. The van der Waals surface area contributed by atoms with Crippen molar-refractivity contribution in [2.75, 3.05) is 33.6 Å². The van der Waals surface area contributed by atoms with Crippen LogP contribution in [-0.2, 0) is 45.4 Å². The number of hydrogen-bond donors (Lipinski definition) is 4. The molecule has 6 rings (SSSR count). The third-order valence-electron chi connectivity index (χ3n) is 8.64. The highest BCUT2D eigenvalue weighted by Gasteiger charge is 2.39. The number of halogens is 4. The van der Waals surface area contributed by atoms with Gasteiger partial charge < -0.3 is 20.9 Å². The van der Waals surface area contributed by atoms with Crippen LogP contribution in [0.5, 0.6) is 0 Å². The van der Waals surface area contributed by atoms with E-state index >= 15 is 4.39 Å². The number of aromatic nitrogens is 2. The molecule has 52 heavy (non-hydrogen) atoms. The average Bonchev–Trinajstić information content (AvgIpc) is 3.40. The van der Waals surface area contributed by atoms with Crippen molar-refractivity contribution < 1.29 is 40.4 Å². The number of amides is 3. The summed E-state index contributed by atoms with van der Waals surface area (Å²) in [4.78, 5) is 46.0. The van der Waals surface area contributed by atoms with E-state index in [1.165, 1.54) is 18.0 Å². The maximum absolute atomic E-state index is 15.0. The maximum Gasteiger partial charge on any atom is 0.421 e. The molecule has 1 aromatic heterocycles. The van der Waals surface area contributed by atoms with Crippen molar-refractivity contribution in [3.8, 4) is 0 Å². The summed E-state index contributed by atoms with van der Waals surface area (Å²) in [6.07, 6.45) is -2.76. The van der Waals surface area contributed by atoms with Gasteiger partial charge in [-0.3, -0.25) is 24.0 Å². The number of sulfonamides is 1. The molecule has 3 amide bonds. The minimum atomic E-state index is -4.76. The Balaban J connectivity index is 1.10. The normalized spacial score (nSPS) is 16.0. The lowest BCUT2D eigenvalue weighted by molar-refractivity contribution is -0.138. The first-order chi connectivity index (χ1) is 24.6. The van der Waals surface area contributed by atoms with E-state index in [1.807, 2.05) is 0 Å². The van der Waals surface area contributed by atoms with Gasteiger partial charge >= 0.3 is 6.18 Å². The molecular formula is C34H32F4N8O5S. The number of fused-ring (bicyclic) bond motifs is 1. The Bertz CT molecular complexity index is 2170. The van der Waals surface area contributed by atoms with Crippen molar-refractivity contribution in [2.24, 2.45) is 0 Å². The first-order valence-corrected chi connectivity index (χ1v) is 17.7. The Morgan fingerprint density at radius 1 is 1.00 bits per heavy atom. The summed E-state index contributed by atoms with van der Waals surface area (Å²) in [5.41, 5.74) is 1.81. The van der Waals surface area contributed by atoms with Gasteiger partial charge in [0.1, 0.15) is 23.2 Å². The molecule has 13 nitrogen and oxygen atoms in total. The zero-order valence-corrected chi connectivity index (χ0v) is 28.5. The third-order valence-corrected chi connectivity index (χ3v) is 9.85. The predicted molar refractivity (Wildman–Crippen MR) is 184 cm³/mol. The number of carbonyl (C=O) groups is 3. The smallest absolute Gasteiger partial charge is 0.381 e. The van der Waals surface area contributed by atoms with Crippen LogP contribution in [0.15, 0.2) is 66.9 Å². The second-order valence-corrected chi connectivity index (χ2v) is 14.3. The molecule has 3 heterocycles. The van der Waals surface area contributed by atoms with Gasteiger partial charge in [-0.1, -0.05) is 12.1 Å². The molecule has 1 unspecified atom stereocenters. The summed E-state index contributed by atoms with van der Waals surface area (Å²) in [7, 11) is -2.18. The number of alkyl halides is 3. The molecule has 0 saturated carbocycles. The van der Waals surface area contributed by atoms with Gasteiger partial charge in [0.25, 0.3) is 5.91 Å². The molecule has 18 heteroatoms. The van der Waals surface area contributed by atoms with E-state index in [1.54, 1.807) is 48.5 Å². The monoisotopic (exact) mass is 740 g/mol. The lowest BCUT2D eigenvalue weighted by atomic mass is 10.0. The first-order valence-electron chi connectivity index (χ1n) is 15.8. The minimum absolute atomic E-state index is 0.0585. The zero-order chi connectivity index (χ0) is 37.4. The van der Waals surface area contributed by atoms with Crippen molar-refractivity contribution in [1.82, 2.24) is 20.2 Å². The Kier molecular flexibility index (Phi) is 9.76. The third kappa shape index (κ3) is 7.91. The topological polar surface area (TPSA) is 166 Å². The number of imide groups is 1. The van der Waals surface area contributed by atoms with E-state index in [0.717, 1.165) is 16.6 Å². The molecule has 0 spiro atoms. The molecule has 1 saturated heterocycles. The molecule has 4 N–H and O–H groups in total. The SMILES string of the molecule is CN(c1cccc(CNc2nc(Nc3ccc(NCc4cc5c(cc4F)C(=O)N(C4CCC(=O)NC4=O)C5)cc3)ncc2C(F)(F)F)c1)S(C)(=O)=O. The Morgan fingerprint density at radius 2 is 1.73 bits per heavy atom. The highest BCUT2D eigenvalue weighted by atomic mass is 32.2. The fourth-order valence-electron chi connectivity index (χ4n) is 5.80. The first kappa shape index (κ1) is 36.0. The number of rotatable bonds is 11. The molecular weight excluding hydrogens is 708 g/mol. The Labute approximate surface area is 295 Å². The second kappa shape index (κ2) is 14.1. The zero-order valence-electron chi connectivity index (χ0n) is 27.7. The minimum Gasteiger partial charge on any atom is -0.381 e. The van der Waals surface area contributed by atoms with E-state index in [2.05, 4.69) is 31.2 Å². The van der Waals surface area contributed by atoms with E-state index in [9.17, 15) is 36.0 Å². The Morgan fingerprint density at radius 3 is 2.42 bits per heavy atom. The standard InChI is InChI=1S/C34H32F4N8O5S/c1-45(52(2,50)51)24-5-3-4-19(12-24)15-40-30-26(34(36,37)38)17-41-33(44-30)42-23-8-6-22(7-9-23)39-16-20-13-21-18-46(32(49)25(21)14-27(20)35)28-10-11-29(47)43-31(28)48/h3-9,12-14,17,28,39H,10-11,15-16,18H2,1-2H3,(H,43,47,48)(H2,40,41,42,44). The van der Waals surface area contributed by atoms with Crippen molar-refractivity contribution in [3.63, 3.8) is 0 Å². The molecule has 0 aliphatic carbocycles. The van der Waals surface area contributed by atoms with Crippen LogP contribution < -0.4 is 25.6 Å². The number of nitrogens with one attached hydrogen (secondary N) is 4.